The highest BCUT2D eigenvalue weighted by Crippen LogP contribution is 1.45. The first-order valence-electron chi connectivity index (χ1n) is 0.908. The minimum absolute atomic E-state index is 0. The van der Waals surface area contributed by atoms with Crippen molar-refractivity contribution in [2.45, 2.75) is 6.92 Å². The lowest BCUT2D eigenvalue weighted by molar-refractivity contribution is -0.140. The van der Waals surface area contributed by atoms with Gasteiger partial charge >= 0.3 is 5.97 Å². The molecule has 0 N–H and O–H groups in total. The van der Waals surface area contributed by atoms with Gasteiger partial charge in [-0.2, -0.15) is 0 Å². The van der Waals surface area contributed by atoms with Crippen LogP contribution in [0.4, 0.5) is 0 Å². The number of carbonyl (C=O) groups is 1. The van der Waals surface area contributed by atoms with Crippen molar-refractivity contribution < 1.29 is 9.90 Å². The van der Waals surface area contributed by atoms with Crippen LogP contribution in [0.25, 0.3) is 0 Å². The summed E-state index contributed by atoms with van der Waals surface area (Å²) in [6.45, 7) is 0.972. The molecule has 0 aliphatic heterocycles. The highest BCUT2D eigenvalue weighted by molar-refractivity contribution is 5.85. The number of halogens is 1. The summed E-state index contributed by atoms with van der Waals surface area (Å²) >= 11 is 0. The average Bonchev–Trinajstić information content (AvgIpc) is 0.811. The summed E-state index contributed by atoms with van der Waals surface area (Å²) < 4.78 is 0. The van der Waals surface area contributed by atoms with E-state index in [1.165, 1.54) is 0 Å². The van der Waals surface area contributed by atoms with E-state index in [0.29, 0.717) is 0 Å². The van der Waals surface area contributed by atoms with Crippen molar-refractivity contribution in [3.63, 3.8) is 0 Å². The smallest absolute Gasteiger partial charge is 0.248 e. The number of rotatable bonds is 0. The Morgan fingerprint density at radius 2 is 1.60 bits per heavy atom. The molecular weight excluding hydrogens is 91.5 g/mol. The van der Waals surface area contributed by atoms with Crippen molar-refractivity contribution in [3.05, 3.63) is 0 Å². The maximum Gasteiger partial charge on any atom is 0.352 e. The quantitative estimate of drug-likeness (QED) is 0.429. The fraction of sp³-hybridized carbons (Fsp3) is 0.500. The molecule has 0 rings (SSSR count). The summed E-state index contributed by atoms with van der Waals surface area (Å²) in [6.07, 6.45) is 0. The molecule has 0 aromatic rings. The zero-order valence-corrected chi connectivity index (χ0v) is 3.54. The fourth-order valence-electron chi connectivity index (χ4n) is 0. The normalized spacial score (nSPS) is 5.00. The Morgan fingerprint density at radius 1 is 1.60 bits per heavy atom. The van der Waals surface area contributed by atoms with Gasteiger partial charge in [-0.1, -0.05) is 0 Å². The van der Waals surface area contributed by atoms with E-state index < -0.39 is 5.97 Å². The molecule has 0 aromatic carbocycles. The third-order valence-electron chi connectivity index (χ3n) is 0. The Bertz CT molecular complexity index is 30.6. The molecule has 2 nitrogen and oxygen atoms in total. The maximum atomic E-state index is 8.89. The second-order valence-corrected chi connectivity index (χ2v) is 0.492. The molecule has 0 aliphatic rings. The Hall–Kier alpha value is -0.240. The van der Waals surface area contributed by atoms with Crippen LogP contribution in [0.2, 0.25) is 0 Å². The lowest BCUT2D eigenvalue weighted by atomic mass is 10.9. The van der Waals surface area contributed by atoms with Crippen LogP contribution in [0.1, 0.15) is 6.92 Å². The summed E-state index contributed by atoms with van der Waals surface area (Å²) in [5.41, 5.74) is 0. The van der Waals surface area contributed by atoms with E-state index in [9.17, 15) is 0 Å². The molecule has 0 atom stereocenters. The molecular formula is C2H4ClO2. The van der Waals surface area contributed by atoms with Gasteiger partial charge < -0.3 is 0 Å². The summed E-state index contributed by atoms with van der Waals surface area (Å²) in [5, 5.41) is 8.89. The summed E-state index contributed by atoms with van der Waals surface area (Å²) in [7, 11) is 0. The first-order chi connectivity index (χ1) is 1.73. The molecule has 0 saturated heterocycles. The van der Waals surface area contributed by atoms with Gasteiger partial charge in [0, 0.05) is 6.92 Å². The zero-order chi connectivity index (χ0) is 3.58. The number of hydrogen-bond donors (Lipinski definition) is 0. The third kappa shape index (κ3) is 202. The predicted molar refractivity (Wildman–Crippen MR) is 18.6 cm³/mol. The van der Waals surface area contributed by atoms with Crippen molar-refractivity contribution in [3.8, 4) is 0 Å². The Kier molecular flexibility index (Phi) is 6.64. The Labute approximate surface area is 36.2 Å². The van der Waals surface area contributed by atoms with E-state index in [-0.39, 0.29) is 12.4 Å². The second-order valence-electron chi connectivity index (χ2n) is 0.492. The van der Waals surface area contributed by atoms with Gasteiger partial charge in [0.1, 0.15) is 0 Å². The minimum Gasteiger partial charge on any atom is -0.248 e. The standard InChI is InChI=1S/C2H3O2.ClH/c1-2(3)4;/h1H3;1H. The molecule has 0 aliphatic carbocycles. The van der Waals surface area contributed by atoms with Crippen LogP contribution >= 0.6 is 12.4 Å². The monoisotopic (exact) mass is 95.0 g/mol. The summed E-state index contributed by atoms with van der Waals surface area (Å²) in [6, 6.07) is 0. The molecule has 0 unspecified atom stereocenters. The van der Waals surface area contributed by atoms with Crippen LogP contribution in [0.3, 0.4) is 0 Å². The van der Waals surface area contributed by atoms with E-state index >= 15 is 0 Å². The van der Waals surface area contributed by atoms with E-state index in [1.807, 2.05) is 0 Å². The van der Waals surface area contributed by atoms with Crippen molar-refractivity contribution in [2.24, 2.45) is 0 Å². The van der Waals surface area contributed by atoms with Crippen LogP contribution in [0.15, 0.2) is 0 Å². The largest absolute Gasteiger partial charge is 0.352 e. The van der Waals surface area contributed by atoms with Gasteiger partial charge in [0.15, 0.2) is 0 Å². The lowest BCUT2D eigenvalue weighted by Crippen LogP contribution is -1.74. The van der Waals surface area contributed by atoms with Crippen LogP contribution in [-0.4, -0.2) is 5.97 Å². The van der Waals surface area contributed by atoms with Gasteiger partial charge in [0.25, 0.3) is 0 Å². The van der Waals surface area contributed by atoms with Gasteiger partial charge in [-0.25, -0.2) is 9.90 Å². The molecule has 0 saturated carbocycles. The molecule has 0 fully saturated rings. The highest BCUT2D eigenvalue weighted by atomic mass is 35.5. The van der Waals surface area contributed by atoms with E-state index in [0.717, 1.165) is 6.92 Å². The van der Waals surface area contributed by atoms with Gasteiger partial charge in [-0.15, -0.1) is 12.4 Å². The fourth-order valence-corrected chi connectivity index (χ4v) is 0. The molecule has 5 heavy (non-hydrogen) atoms. The third-order valence-corrected chi connectivity index (χ3v) is 0. The predicted octanol–water partition coefficient (Wildman–Crippen LogP) is 0.385. The van der Waals surface area contributed by atoms with Crippen LogP contribution in [0.5, 0.6) is 0 Å². The topological polar surface area (TPSA) is 37.0 Å². The van der Waals surface area contributed by atoms with E-state index in [2.05, 4.69) is 0 Å². The molecule has 0 bridgehead atoms. The Balaban J connectivity index is 0. The summed E-state index contributed by atoms with van der Waals surface area (Å²) in [5.74, 6) is -1.08. The number of carbonyl (C=O) groups excluding carboxylic acids is 1. The van der Waals surface area contributed by atoms with Gasteiger partial charge in [0.05, 0.1) is 0 Å². The first kappa shape index (κ1) is 8.83. The van der Waals surface area contributed by atoms with Crippen LogP contribution in [-0.2, 0) is 9.90 Å². The summed E-state index contributed by atoms with van der Waals surface area (Å²) in [4.78, 5) is 8.89. The minimum atomic E-state index is -1.08. The van der Waals surface area contributed by atoms with E-state index in [1.54, 1.807) is 0 Å². The van der Waals surface area contributed by atoms with Gasteiger partial charge in [0.2, 0.25) is 0 Å². The molecule has 0 spiro atoms. The van der Waals surface area contributed by atoms with E-state index in [4.69, 9.17) is 9.90 Å². The Morgan fingerprint density at radius 3 is 1.60 bits per heavy atom. The van der Waals surface area contributed by atoms with Crippen LogP contribution < -0.4 is 0 Å². The van der Waals surface area contributed by atoms with Gasteiger partial charge in [-0.05, 0) is 0 Å². The van der Waals surface area contributed by atoms with Crippen molar-refractivity contribution in [2.75, 3.05) is 0 Å². The maximum absolute atomic E-state index is 8.89. The number of hydrogen-bond acceptors (Lipinski definition) is 1. The van der Waals surface area contributed by atoms with Crippen molar-refractivity contribution in [1.29, 1.82) is 0 Å². The molecule has 1 radical (unpaired) electrons. The SMILES string of the molecule is CC([O])=O.Cl. The molecule has 31 valence electrons. The molecule has 0 aromatic heterocycles. The molecule has 3 heteroatoms. The van der Waals surface area contributed by atoms with Crippen molar-refractivity contribution >= 4 is 18.4 Å². The molecule has 0 amide bonds. The first-order valence-corrected chi connectivity index (χ1v) is 0.908. The molecule has 0 heterocycles. The second kappa shape index (κ2) is 3.76. The lowest BCUT2D eigenvalue weighted by Gasteiger charge is -1.50. The van der Waals surface area contributed by atoms with Crippen molar-refractivity contribution in [1.82, 2.24) is 0 Å². The average molecular weight is 95.5 g/mol. The van der Waals surface area contributed by atoms with Gasteiger partial charge in [-0.3, -0.25) is 0 Å². The zero-order valence-electron chi connectivity index (χ0n) is 2.72. The van der Waals surface area contributed by atoms with Crippen LogP contribution in [0, 0.1) is 0 Å². The highest BCUT2D eigenvalue weighted by Gasteiger charge is 1.71.